The summed E-state index contributed by atoms with van der Waals surface area (Å²) in [6.07, 6.45) is 0. The number of hydrogen-bond acceptors (Lipinski definition) is 6. The Balaban J connectivity index is 1.72. The van der Waals surface area contributed by atoms with Crippen molar-refractivity contribution < 1.29 is 14.3 Å². The summed E-state index contributed by atoms with van der Waals surface area (Å²) in [6, 6.07) is 5.55. The smallest absolute Gasteiger partial charge is 0.254 e. The summed E-state index contributed by atoms with van der Waals surface area (Å²) >= 11 is 3.50. The molecule has 162 valence electrons. The maximum absolute atomic E-state index is 13.1. The zero-order valence-corrected chi connectivity index (χ0v) is 19.8. The van der Waals surface area contributed by atoms with E-state index in [1.165, 1.54) is 0 Å². The second-order valence-electron chi connectivity index (χ2n) is 7.58. The molecule has 0 unspecified atom stereocenters. The lowest BCUT2D eigenvalue weighted by atomic mass is 10.1. The van der Waals surface area contributed by atoms with E-state index < -0.39 is 0 Å². The monoisotopic (exact) mass is 476 g/mol. The standard InChI is InChI=1S/C22H29BrN4O3/c1-6-30-20-17(23)12-16(13-18(20)29-5)22(28)27-9-7-26(8-10-27)19-11-15(4)24-21(25-19)14(2)3/h11-14H,6-10H2,1-5H3. The van der Waals surface area contributed by atoms with E-state index in [9.17, 15) is 4.79 Å². The third-order valence-electron chi connectivity index (χ3n) is 5.03. The number of ether oxygens (including phenoxy) is 2. The molecule has 8 heteroatoms. The normalized spacial score (nSPS) is 14.2. The van der Waals surface area contributed by atoms with Crippen molar-refractivity contribution in [2.24, 2.45) is 0 Å². The number of rotatable bonds is 6. The summed E-state index contributed by atoms with van der Waals surface area (Å²) in [5, 5.41) is 0. The van der Waals surface area contributed by atoms with Gasteiger partial charge in [-0.2, -0.15) is 0 Å². The molecular weight excluding hydrogens is 448 g/mol. The molecule has 1 saturated heterocycles. The third kappa shape index (κ3) is 4.86. The highest BCUT2D eigenvalue weighted by Gasteiger charge is 2.25. The van der Waals surface area contributed by atoms with Gasteiger partial charge in [0.05, 0.1) is 18.2 Å². The van der Waals surface area contributed by atoms with Crippen molar-refractivity contribution in [1.29, 1.82) is 0 Å². The number of benzene rings is 1. The molecule has 0 radical (unpaired) electrons. The van der Waals surface area contributed by atoms with Crippen molar-refractivity contribution in [2.45, 2.75) is 33.6 Å². The van der Waals surface area contributed by atoms with Gasteiger partial charge in [-0.15, -0.1) is 0 Å². The number of methoxy groups -OCH3 is 1. The molecule has 0 aliphatic carbocycles. The van der Waals surface area contributed by atoms with Crippen LogP contribution in [-0.4, -0.2) is 60.7 Å². The van der Waals surface area contributed by atoms with Crippen LogP contribution in [0.5, 0.6) is 11.5 Å². The van der Waals surface area contributed by atoms with Crippen LogP contribution >= 0.6 is 15.9 Å². The van der Waals surface area contributed by atoms with Gasteiger partial charge in [0.2, 0.25) is 0 Å². The minimum absolute atomic E-state index is 0.0153. The summed E-state index contributed by atoms with van der Waals surface area (Å²) in [5.74, 6) is 3.21. The molecule has 1 aliphatic heterocycles. The fourth-order valence-corrected chi connectivity index (χ4v) is 4.00. The molecule has 1 aromatic heterocycles. The Morgan fingerprint density at radius 1 is 1.17 bits per heavy atom. The molecule has 0 spiro atoms. The van der Waals surface area contributed by atoms with Gasteiger partial charge in [-0.3, -0.25) is 4.79 Å². The van der Waals surface area contributed by atoms with E-state index >= 15 is 0 Å². The molecule has 2 heterocycles. The summed E-state index contributed by atoms with van der Waals surface area (Å²) in [6.45, 7) is 11.3. The van der Waals surface area contributed by atoms with Gasteiger partial charge in [-0.25, -0.2) is 9.97 Å². The maximum atomic E-state index is 13.1. The number of aryl methyl sites for hydroxylation is 1. The van der Waals surface area contributed by atoms with Gasteiger partial charge in [0.25, 0.3) is 5.91 Å². The highest BCUT2D eigenvalue weighted by molar-refractivity contribution is 9.10. The molecule has 0 saturated carbocycles. The topological polar surface area (TPSA) is 67.8 Å². The van der Waals surface area contributed by atoms with Gasteiger partial charge in [0.15, 0.2) is 11.5 Å². The van der Waals surface area contributed by atoms with Gasteiger partial charge < -0.3 is 19.3 Å². The second kappa shape index (κ2) is 9.64. The summed E-state index contributed by atoms with van der Waals surface area (Å²) < 4.78 is 11.8. The van der Waals surface area contributed by atoms with Crippen LogP contribution in [0.3, 0.4) is 0 Å². The Morgan fingerprint density at radius 2 is 1.87 bits per heavy atom. The Morgan fingerprint density at radius 3 is 2.47 bits per heavy atom. The number of carbonyl (C=O) groups is 1. The van der Waals surface area contributed by atoms with Crippen LogP contribution in [-0.2, 0) is 0 Å². The Bertz CT molecular complexity index is 911. The van der Waals surface area contributed by atoms with Crippen LogP contribution in [0.2, 0.25) is 0 Å². The number of halogens is 1. The van der Waals surface area contributed by atoms with E-state index in [0.717, 1.165) is 30.4 Å². The molecule has 3 rings (SSSR count). The Labute approximate surface area is 186 Å². The third-order valence-corrected chi connectivity index (χ3v) is 5.62. The van der Waals surface area contributed by atoms with Crippen molar-refractivity contribution >= 4 is 27.7 Å². The predicted octanol–water partition coefficient (Wildman–Crippen LogP) is 4.04. The summed E-state index contributed by atoms with van der Waals surface area (Å²) in [5.41, 5.74) is 1.55. The average molecular weight is 477 g/mol. The number of anilines is 1. The first-order valence-electron chi connectivity index (χ1n) is 10.2. The van der Waals surface area contributed by atoms with Crippen LogP contribution in [0.25, 0.3) is 0 Å². The number of nitrogens with zero attached hydrogens (tertiary/aromatic N) is 4. The first-order chi connectivity index (χ1) is 14.3. The Hall–Kier alpha value is -2.35. The maximum Gasteiger partial charge on any atom is 0.254 e. The van der Waals surface area contributed by atoms with Crippen LogP contribution in [0, 0.1) is 6.92 Å². The van der Waals surface area contributed by atoms with E-state index in [0.29, 0.717) is 41.2 Å². The van der Waals surface area contributed by atoms with Gasteiger partial charge in [-0.1, -0.05) is 13.8 Å². The highest BCUT2D eigenvalue weighted by Crippen LogP contribution is 2.37. The molecule has 7 nitrogen and oxygen atoms in total. The van der Waals surface area contributed by atoms with E-state index in [-0.39, 0.29) is 11.8 Å². The summed E-state index contributed by atoms with van der Waals surface area (Å²) in [7, 11) is 1.58. The lowest BCUT2D eigenvalue weighted by Gasteiger charge is -2.35. The molecule has 2 aromatic rings. The fourth-order valence-electron chi connectivity index (χ4n) is 3.44. The van der Waals surface area contributed by atoms with Gasteiger partial charge in [-0.05, 0) is 41.9 Å². The minimum Gasteiger partial charge on any atom is -0.493 e. The highest BCUT2D eigenvalue weighted by atomic mass is 79.9. The molecule has 0 atom stereocenters. The zero-order chi connectivity index (χ0) is 21.8. The van der Waals surface area contributed by atoms with E-state index in [1.54, 1.807) is 19.2 Å². The quantitative estimate of drug-likeness (QED) is 0.626. The summed E-state index contributed by atoms with van der Waals surface area (Å²) in [4.78, 5) is 26.4. The number of aromatic nitrogens is 2. The molecule has 1 amide bonds. The first-order valence-corrected chi connectivity index (χ1v) is 11.0. The average Bonchev–Trinajstić information content (AvgIpc) is 2.74. The van der Waals surface area contributed by atoms with Crippen LogP contribution < -0.4 is 14.4 Å². The predicted molar refractivity (Wildman–Crippen MR) is 121 cm³/mol. The number of piperazine rings is 1. The number of amides is 1. The molecule has 1 aromatic carbocycles. The van der Waals surface area contributed by atoms with Gasteiger partial charge in [0.1, 0.15) is 11.6 Å². The van der Waals surface area contributed by atoms with Crippen molar-refractivity contribution in [3.8, 4) is 11.5 Å². The van der Waals surface area contributed by atoms with Crippen molar-refractivity contribution in [2.75, 3.05) is 44.8 Å². The Kier molecular flexibility index (Phi) is 7.18. The van der Waals surface area contributed by atoms with Crippen LogP contribution in [0.15, 0.2) is 22.7 Å². The van der Waals surface area contributed by atoms with Gasteiger partial charge in [0, 0.05) is 49.4 Å². The zero-order valence-electron chi connectivity index (χ0n) is 18.2. The number of carbonyl (C=O) groups excluding carboxylic acids is 1. The minimum atomic E-state index is -0.0153. The molecule has 30 heavy (non-hydrogen) atoms. The van der Waals surface area contributed by atoms with Crippen molar-refractivity contribution in [3.63, 3.8) is 0 Å². The molecule has 0 N–H and O–H groups in total. The second-order valence-corrected chi connectivity index (χ2v) is 8.44. The van der Waals surface area contributed by atoms with E-state index in [2.05, 4.69) is 39.7 Å². The fraction of sp³-hybridized carbons (Fsp3) is 0.500. The first kappa shape index (κ1) is 22.3. The van der Waals surface area contributed by atoms with Crippen LogP contribution in [0.4, 0.5) is 5.82 Å². The van der Waals surface area contributed by atoms with Crippen LogP contribution in [0.1, 0.15) is 48.6 Å². The van der Waals surface area contributed by atoms with E-state index in [1.807, 2.05) is 24.8 Å². The van der Waals surface area contributed by atoms with Gasteiger partial charge >= 0.3 is 0 Å². The van der Waals surface area contributed by atoms with E-state index in [4.69, 9.17) is 14.5 Å². The lowest BCUT2D eigenvalue weighted by molar-refractivity contribution is 0.0746. The molecule has 0 bridgehead atoms. The molecule has 1 fully saturated rings. The van der Waals surface area contributed by atoms with Crippen molar-refractivity contribution in [1.82, 2.24) is 14.9 Å². The largest absolute Gasteiger partial charge is 0.493 e. The molecular formula is C22H29BrN4O3. The number of hydrogen-bond donors (Lipinski definition) is 0. The lowest BCUT2D eigenvalue weighted by Crippen LogP contribution is -2.49. The van der Waals surface area contributed by atoms with Crippen molar-refractivity contribution in [3.05, 3.63) is 39.8 Å². The molecule has 1 aliphatic rings. The SMILES string of the molecule is CCOc1c(Br)cc(C(=O)N2CCN(c3cc(C)nc(C(C)C)n3)CC2)cc1OC.